The molecule has 2 rings (SSSR count). The van der Waals surface area contributed by atoms with Crippen LogP contribution in [0.25, 0.3) is 11.4 Å². The van der Waals surface area contributed by atoms with Gasteiger partial charge in [0.15, 0.2) is 10.6 Å². The van der Waals surface area contributed by atoms with Gasteiger partial charge in [-0.2, -0.15) is 5.10 Å². The maximum Gasteiger partial charge on any atom is 0.240 e. The molecule has 0 aliphatic heterocycles. The van der Waals surface area contributed by atoms with Gasteiger partial charge in [-0.25, -0.2) is 0 Å². The number of hydrogen-bond acceptors (Lipinski definition) is 4. The Morgan fingerprint density at radius 1 is 1.43 bits per heavy atom. The van der Waals surface area contributed by atoms with Crippen LogP contribution in [-0.4, -0.2) is 38.9 Å². The smallest absolute Gasteiger partial charge is 0.240 e. The predicted octanol–water partition coefficient (Wildman–Crippen LogP) is 1.41. The number of carbonyl (C=O) groups is 1. The first kappa shape index (κ1) is 15.4. The van der Waals surface area contributed by atoms with E-state index in [9.17, 15) is 4.79 Å². The van der Waals surface area contributed by atoms with Crippen molar-refractivity contribution >= 4 is 18.1 Å². The van der Waals surface area contributed by atoms with Crippen LogP contribution in [0.4, 0.5) is 0 Å². The van der Waals surface area contributed by atoms with Crippen molar-refractivity contribution in [1.29, 1.82) is 0 Å². The molecule has 0 fully saturated rings. The minimum absolute atomic E-state index is 0.0556. The highest BCUT2D eigenvalue weighted by molar-refractivity contribution is 7.71. The van der Waals surface area contributed by atoms with Crippen molar-refractivity contribution in [3.63, 3.8) is 0 Å². The number of hydrogen-bond donors (Lipinski definition) is 3. The Morgan fingerprint density at radius 3 is 2.81 bits per heavy atom. The van der Waals surface area contributed by atoms with E-state index in [0.717, 1.165) is 11.1 Å². The number of nitrogens with zero attached hydrogens (tertiary/aromatic N) is 2. The van der Waals surface area contributed by atoms with E-state index in [1.165, 1.54) is 0 Å². The Bertz CT molecular complexity index is 660. The Kier molecular flexibility index (Phi) is 5.24. The van der Waals surface area contributed by atoms with Crippen LogP contribution in [0, 0.1) is 11.7 Å². The van der Waals surface area contributed by atoms with Gasteiger partial charge >= 0.3 is 0 Å². The molecule has 1 heterocycles. The number of H-pyrrole nitrogens is 1. The normalized spacial score (nSPS) is 10.6. The lowest BCUT2D eigenvalue weighted by Gasteiger charge is -2.08. The molecule has 0 atom stereocenters. The molecule has 0 spiro atoms. The minimum atomic E-state index is -0.158. The summed E-state index contributed by atoms with van der Waals surface area (Å²) in [5.41, 5.74) is 2.05. The molecule has 21 heavy (non-hydrogen) atoms. The summed E-state index contributed by atoms with van der Waals surface area (Å²) in [6.07, 6.45) is 0.535. The predicted molar refractivity (Wildman–Crippen MR) is 82.3 cm³/mol. The Labute approximate surface area is 127 Å². The average Bonchev–Trinajstić information content (AvgIpc) is 2.82. The van der Waals surface area contributed by atoms with Gasteiger partial charge in [-0.3, -0.25) is 14.5 Å². The molecule has 2 aromatic rings. The largest absolute Gasteiger partial charge is 0.396 e. The van der Waals surface area contributed by atoms with Crippen molar-refractivity contribution in [1.82, 2.24) is 20.1 Å². The second-order valence-electron chi connectivity index (χ2n) is 4.73. The minimum Gasteiger partial charge on any atom is -0.396 e. The summed E-state index contributed by atoms with van der Waals surface area (Å²) in [5, 5.41) is 18.3. The van der Waals surface area contributed by atoms with Gasteiger partial charge in [-0.15, -0.1) is 0 Å². The quantitative estimate of drug-likeness (QED) is 0.557. The number of benzene rings is 1. The summed E-state index contributed by atoms with van der Waals surface area (Å²) in [5.74, 6) is 0.478. The third kappa shape index (κ3) is 3.99. The molecular weight excluding hydrogens is 288 g/mol. The lowest BCUT2D eigenvalue weighted by atomic mass is 10.1. The van der Waals surface area contributed by atoms with Gasteiger partial charge in [0.25, 0.3) is 0 Å². The monoisotopic (exact) mass is 306 g/mol. The van der Waals surface area contributed by atoms with E-state index < -0.39 is 0 Å². The molecule has 0 saturated carbocycles. The first-order valence-corrected chi connectivity index (χ1v) is 7.12. The third-order valence-electron chi connectivity index (χ3n) is 3.03. The molecule has 1 aromatic heterocycles. The zero-order valence-corrected chi connectivity index (χ0v) is 12.6. The number of nitrogens with one attached hydrogen (secondary N) is 2. The van der Waals surface area contributed by atoms with Crippen molar-refractivity contribution < 1.29 is 9.90 Å². The fourth-order valence-electron chi connectivity index (χ4n) is 1.89. The van der Waals surface area contributed by atoms with Gasteiger partial charge in [0.1, 0.15) is 6.54 Å². The van der Waals surface area contributed by atoms with E-state index in [1.807, 2.05) is 31.2 Å². The standard InChI is InChI=1S/C14H18N4O2S/c1-10-3-5-11(6-4-10)13-16-17-14(21)18(13)9-12(20)15-7-2-8-19/h3-6,19H,2,7-9H2,1H3,(H,15,20)(H,17,21). The fourth-order valence-corrected chi connectivity index (χ4v) is 2.09. The topological polar surface area (TPSA) is 82.9 Å². The number of aromatic nitrogens is 3. The van der Waals surface area contributed by atoms with E-state index >= 15 is 0 Å². The molecular formula is C14H18N4O2S. The van der Waals surface area contributed by atoms with Gasteiger partial charge in [-0.1, -0.05) is 29.8 Å². The zero-order valence-electron chi connectivity index (χ0n) is 11.8. The molecule has 1 amide bonds. The second kappa shape index (κ2) is 7.14. The van der Waals surface area contributed by atoms with Gasteiger partial charge in [0.05, 0.1) is 0 Å². The number of amides is 1. The lowest BCUT2D eigenvalue weighted by molar-refractivity contribution is -0.121. The lowest BCUT2D eigenvalue weighted by Crippen LogP contribution is -2.29. The molecule has 0 bridgehead atoms. The molecule has 0 radical (unpaired) electrons. The summed E-state index contributed by atoms with van der Waals surface area (Å²) in [6.45, 7) is 2.61. The van der Waals surface area contributed by atoms with Crippen LogP contribution in [0.2, 0.25) is 0 Å². The van der Waals surface area contributed by atoms with Crippen LogP contribution in [0.5, 0.6) is 0 Å². The molecule has 0 saturated heterocycles. The van der Waals surface area contributed by atoms with E-state index in [4.69, 9.17) is 17.3 Å². The van der Waals surface area contributed by atoms with Crippen molar-refractivity contribution in [3.05, 3.63) is 34.6 Å². The SMILES string of the molecule is Cc1ccc(-c2n[nH]c(=S)n2CC(=O)NCCCO)cc1. The van der Waals surface area contributed by atoms with Gasteiger partial charge in [-0.05, 0) is 25.6 Å². The van der Waals surface area contributed by atoms with Crippen LogP contribution >= 0.6 is 12.2 Å². The fraction of sp³-hybridized carbons (Fsp3) is 0.357. The summed E-state index contributed by atoms with van der Waals surface area (Å²) in [6, 6.07) is 7.86. The number of aliphatic hydroxyl groups is 1. The van der Waals surface area contributed by atoms with Crippen molar-refractivity contribution in [3.8, 4) is 11.4 Å². The Morgan fingerprint density at radius 2 is 2.14 bits per heavy atom. The highest BCUT2D eigenvalue weighted by Crippen LogP contribution is 2.17. The highest BCUT2D eigenvalue weighted by atomic mass is 32.1. The summed E-state index contributed by atoms with van der Waals surface area (Å²) < 4.78 is 2.07. The average molecular weight is 306 g/mol. The second-order valence-corrected chi connectivity index (χ2v) is 5.12. The van der Waals surface area contributed by atoms with E-state index in [1.54, 1.807) is 4.57 Å². The van der Waals surface area contributed by atoms with Crippen LogP contribution in [-0.2, 0) is 11.3 Å². The molecule has 0 aliphatic rings. The van der Waals surface area contributed by atoms with E-state index in [-0.39, 0.29) is 19.1 Å². The van der Waals surface area contributed by atoms with Gasteiger partial charge in [0, 0.05) is 18.7 Å². The van der Waals surface area contributed by atoms with Crippen LogP contribution in [0.15, 0.2) is 24.3 Å². The number of carbonyl (C=O) groups excluding carboxylic acids is 1. The first-order valence-electron chi connectivity index (χ1n) is 6.71. The van der Waals surface area contributed by atoms with Gasteiger partial charge < -0.3 is 10.4 Å². The van der Waals surface area contributed by atoms with E-state index in [0.29, 0.717) is 23.6 Å². The Hall–Kier alpha value is -1.99. The number of aryl methyl sites for hydroxylation is 1. The number of rotatable bonds is 6. The third-order valence-corrected chi connectivity index (χ3v) is 3.34. The van der Waals surface area contributed by atoms with Crippen molar-refractivity contribution in [2.75, 3.05) is 13.2 Å². The summed E-state index contributed by atoms with van der Waals surface area (Å²) >= 11 is 5.18. The van der Waals surface area contributed by atoms with Crippen LogP contribution in [0.3, 0.4) is 0 Å². The van der Waals surface area contributed by atoms with Crippen LogP contribution in [0.1, 0.15) is 12.0 Å². The molecule has 7 heteroatoms. The maximum absolute atomic E-state index is 11.9. The van der Waals surface area contributed by atoms with E-state index in [2.05, 4.69) is 15.5 Å². The molecule has 6 nitrogen and oxygen atoms in total. The summed E-state index contributed by atoms with van der Waals surface area (Å²) in [4.78, 5) is 11.9. The summed E-state index contributed by atoms with van der Waals surface area (Å²) in [7, 11) is 0. The number of aliphatic hydroxyl groups excluding tert-OH is 1. The Balaban J connectivity index is 2.17. The first-order chi connectivity index (χ1) is 10.1. The molecule has 3 N–H and O–H groups in total. The van der Waals surface area contributed by atoms with Crippen molar-refractivity contribution in [2.24, 2.45) is 0 Å². The molecule has 0 unspecified atom stereocenters. The zero-order chi connectivity index (χ0) is 15.2. The molecule has 0 aliphatic carbocycles. The number of aromatic amines is 1. The van der Waals surface area contributed by atoms with Crippen LogP contribution < -0.4 is 5.32 Å². The maximum atomic E-state index is 11.9. The highest BCUT2D eigenvalue weighted by Gasteiger charge is 2.11. The molecule has 1 aromatic carbocycles. The van der Waals surface area contributed by atoms with Crippen molar-refractivity contribution in [2.45, 2.75) is 19.9 Å². The van der Waals surface area contributed by atoms with Gasteiger partial charge in [0.2, 0.25) is 5.91 Å². The molecule has 112 valence electrons.